The minimum atomic E-state index is -0.00891. The quantitative estimate of drug-likeness (QED) is 0.753. The molecule has 100 valence electrons. The summed E-state index contributed by atoms with van der Waals surface area (Å²) in [7, 11) is 0. The largest absolute Gasteiger partial charge is 0.396 e. The van der Waals surface area contributed by atoms with Crippen molar-refractivity contribution in [3.8, 4) is 0 Å². The van der Waals surface area contributed by atoms with Crippen molar-refractivity contribution in [3.05, 3.63) is 0 Å². The Morgan fingerprint density at radius 1 is 1.41 bits per heavy atom. The number of rotatable bonds is 5. The maximum absolute atomic E-state index is 11.8. The molecule has 5 heteroatoms. The first-order chi connectivity index (χ1) is 8.05. The molecule has 1 fully saturated rings. The molecule has 1 rings (SSSR count). The monoisotopic (exact) mass is 244 g/mol. The lowest BCUT2D eigenvalue weighted by Gasteiger charge is -2.30. The number of nitrogens with zero attached hydrogens (tertiary/aromatic N) is 1. The summed E-state index contributed by atoms with van der Waals surface area (Å²) in [6.45, 7) is 7.64. The first-order valence-electron chi connectivity index (χ1n) is 6.26. The molecular formula is C12H24N2O3. The molecule has 1 aliphatic rings. The molecule has 0 atom stereocenters. The summed E-state index contributed by atoms with van der Waals surface area (Å²) >= 11 is 0. The third-order valence-electron chi connectivity index (χ3n) is 3.03. The molecule has 0 unspecified atom stereocenters. The molecule has 1 saturated heterocycles. The van der Waals surface area contributed by atoms with E-state index < -0.39 is 0 Å². The van der Waals surface area contributed by atoms with Gasteiger partial charge in [0.25, 0.3) is 0 Å². The predicted octanol–water partition coefficient (Wildman–Crippen LogP) is 0.827. The lowest BCUT2D eigenvalue weighted by molar-refractivity contribution is 0.0525. The number of ether oxygens (including phenoxy) is 1. The summed E-state index contributed by atoms with van der Waals surface area (Å²) in [4.78, 5) is 13.6. The molecule has 1 heterocycles. The maximum Gasteiger partial charge on any atom is 0.317 e. The lowest BCUT2D eigenvalue weighted by Crippen LogP contribution is -2.48. The Kier molecular flexibility index (Phi) is 5.71. The van der Waals surface area contributed by atoms with Crippen LogP contribution in [0, 0.1) is 5.41 Å². The summed E-state index contributed by atoms with van der Waals surface area (Å²) in [5.41, 5.74) is 0.0324. The molecule has 0 aromatic heterocycles. The van der Waals surface area contributed by atoms with Crippen LogP contribution in [0.25, 0.3) is 0 Å². The number of hydrogen-bond donors (Lipinski definition) is 2. The molecule has 0 aromatic rings. The fourth-order valence-electron chi connectivity index (χ4n) is 1.84. The molecule has 17 heavy (non-hydrogen) atoms. The number of aliphatic hydroxyl groups excluding tert-OH is 1. The second-order valence-corrected chi connectivity index (χ2v) is 5.25. The van der Waals surface area contributed by atoms with Gasteiger partial charge in [-0.1, -0.05) is 13.8 Å². The highest BCUT2D eigenvalue weighted by atomic mass is 16.5. The zero-order chi connectivity index (χ0) is 12.7. The number of carbonyl (C=O) groups is 1. The van der Waals surface area contributed by atoms with Crippen LogP contribution < -0.4 is 5.32 Å². The lowest BCUT2D eigenvalue weighted by atomic mass is 9.88. The number of nitrogens with one attached hydrogen (secondary N) is 1. The van der Waals surface area contributed by atoms with Crippen molar-refractivity contribution in [2.75, 3.05) is 39.5 Å². The van der Waals surface area contributed by atoms with Gasteiger partial charge in [0.05, 0.1) is 13.2 Å². The molecular weight excluding hydrogens is 220 g/mol. The van der Waals surface area contributed by atoms with Crippen LogP contribution in [-0.4, -0.2) is 55.5 Å². The number of carbonyl (C=O) groups excluding carboxylic acids is 1. The van der Waals surface area contributed by atoms with Gasteiger partial charge < -0.3 is 20.1 Å². The second kappa shape index (κ2) is 6.81. The first-order valence-corrected chi connectivity index (χ1v) is 6.26. The van der Waals surface area contributed by atoms with Crippen LogP contribution in [0.5, 0.6) is 0 Å². The highest BCUT2D eigenvalue weighted by molar-refractivity contribution is 5.74. The van der Waals surface area contributed by atoms with Gasteiger partial charge in [0.2, 0.25) is 0 Å². The Balaban J connectivity index is 2.26. The SMILES string of the molecule is CC(C)(CCCO)CNC(=O)N1CCOCC1. The standard InChI is InChI=1S/C12H24N2O3/c1-12(2,4-3-7-15)10-13-11(16)14-5-8-17-9-6-14/h15H,3-10H2,1-2H3,(H,13,16). The number of amides is 2. The number of morpholine rings is 1. The van der Waals surface area contributed by atoms with Crippen molar-refractivity contribution in [1.29, 1.82) is 0 Å². The van der Waals surface area contributed by atoms with E-state index >= 15 is 0 Å². The molecule has 0 bridgehead atoms. The smallest absolute Gasteiger partial charge is 0.317 e. The minimum absolute atomic E-state index is 0.00891. The van der Waals surface area contributed by atoms with E-state index in [2.05, 4.69) is 19.2 Å². The summed E-state index contributed by atoms with van der Waals surface area (Å²) < 4.78 is 5.20. The van der Waals surface area contributed by atoms with Crippen LogP contribution in [0.1, 0.15) is 26.7 Å². The second-order valence-electron chi connectivity index (χ2n) is 5.25. The molecule has 1 aliphatic heterocycles. The van der Waals surface area contributed by atoms with E-state index in [9.17, 15) is 4.79 Å². The van der Waals surface area contributed by atoms with Crippen LogP contribution in [0.3, 0.4) is 0 Å². The maximum atomic E-state index is 11.8. The Labute approximate surface area is 103 Å². The van der Waals surface area contributed by atoms with Crippen molar-refractivity contribution in [2.45, 2.75) is 26.7 Å². The highest BCUT2D eigenvalue weighted by Gasteiger charge is 2.21. The normalized spacial score (nSPS) is 17.0. The van der Waals surface area contributed by atoms with Gasteiger partial charge in [-0.15, -0.1) is 0 Å². The Morgan fingerprint density at radius 3 is 2.65 bits per heavy atom. The molecule has 0 aliphatic carbocycles. The van der Waals surface area contributed by atoms with Crippen molar-refractivity contribution in [3.63, 3.8) is 0 Å². The Hall–Kier alpha value is -0.810. The van der Waals surface area contributed by atoms with Crippen molar-refractivity contribution < 1.29 is 14.6 Å². The molecule has 2 amide bonds. The zero-order valence-electron chi connectivity index (χ0n) is 10.9. The van der Waals surface area contributed by atoms with E-state index in [-0.39, 0.29) is 18.1 Å². The average Bonchev–Trinajstić information content (AvgIpc) is 2.35. The number of hydrogen-bond acceptors (Lipinski definition) is 3. The van der Waals surface area contributed by atoms with E-state index in [1.54, 1.807) is 4.90 Å². The number of aliphatic hydroxyl groups is 1. The van der Waals surface area contributed by atoms with E-state index in [1.165, 1.54) is 0 Å². The molecule has 2 N–H and O–H groups in total. The van der Waals surface area contributed by atoms with Crippen LogP contribution in [-0.2, 0) is 4.74 Å². The van der Waals surface area contributed by atoms with Gasteiger partial charge >= 0.3 is 6.03 Å². The molecule has 0 spiro atoms. The summed E-state index contributed by atoms with van der Waals surface area (Å²) in [5, 5.41) is 11.8. The zero-order valence-corrected chi connectivity index (χ0v) is 10.9. The fourth-order valence-corrected chi connectivity index (χ4v) is 1.84. The fraction of sp³-hybridized carbons (Fsp3) is 0.917. The molecule has 0 radical (unpaired) electrons. The third kappa shape index (κ3) is 5.37. The topological polar surface area (TPSA) is 61.8 Å². The average molecular weight is 244 g/mol. The summed E-state index contributed by atoms with van der Waals surface area (Å²) in [5.74, 6) is 0. The summed E-state index contributed by atoms with van der Waals surface area (Å²) in [6.07, 6.45) is 1.69. The van der Waals surface area contributed by atoms with Gasteiger partial charge in [-0.3, -0.25) is 0 Å². The van der Waals surface area contributed by atoms with E-state index in [4.69, 9.17) is 9.84 Å². The van der Waals surface area contributed by atoms with Gasteiger partial charge in [0.15, 0.2) is 0 Å². The Bertz CT molecular complexity index is 238. The van der Waals surface area contributed by atoms with E-state index in [0.717, 1.165) is 12.8 Å². The summed E-state index contributed by atoms with van der Waals surface area (Å²) in [6, 6.07) is -0.00891. The van der Waals surface area contributed by atoms with Crippen LogP contribution in [0.2, 0.25) is 0 Å². The van der Waals surface area contributed by atoms with E-state index in [0.29, 0.717) is 32.8 Å². The van der Waals surface area contributed by atoms with Crippen LogP contribution in [0.15, 0.2) is 0 Å². The minimum Gasteiger partial charge on any atom is -0.396 e. The van der Waals surface area contributed by atoms with Gasteiger partial charge in [0, 0.05) is 26.2 Å². The third-order valence-corrected chi connectivity index (χ3v) is 3.03. The Morgan fingerprint density at radius 2 is 2.06 bits per heavy atom. The van der Waals surface area contributed by atoms with Crippen molar-refractivity contribution in [1.82, 2.24) is 10.2 Å². The van der Waals surface area contributed by atoms with Crippen molar-refractivity contribution >= 4 is 6.03 Å². The van der Waals surface area contributed by atoms with Gasteiger partial charge in [0.1, 0.15) is 0 Å². The molecule has 0 aromatic carbocycles. The van der Waals surface area contributed by atoms with Gasteiger partial charge in [-0.2, -0.15) is 0 Å². The van der Waals surface area contributed by atoms with Gasteiger partial charge in [-0.25, -0.2) is 4.79 Å². The number of urea groups is 1. The van der Waals surface area contributed by atoms with Crippen molar-refractivity contribution in [2.24, 2.45) is 5.41 Å². The first kappa shape index (κ1) is 14.3. The van der Waals surface area contributed by atoms with Crippen LogP contribution >= 0.6 is 0 Å². The van der Waals surface area contributed by atoms with Gasteiger partial charge in [-0.05, 0) is 18.3 Å². The predicted molar refractivity (Wildman–Crippen MR) is 65.9 cm³/mol. The van der Waals surface area contributed by atoms with Crippen LogP contribution in [0.4, 0.5) is 4.79 Å². The highest BCUT2D eigenvalue weighted by Crippen LogP contribution is 2.20. The molecule has 0 saturated carbocycles. The van der Waals surface area contributed by atoms with E-state index in [1.807, 2.05) is 0 Å². The molecule has 5 nitrogen and oxygen atoms in total.